The lowest BCUT2D eigenvalue weighted by Gasteiger charge is -2.14. The van der Waals surface area contributed by atoms with Crippen molar-refractivity contribution in [1.82, 2.24) is 10.2 Å². The second-order valence-corrected chi connectivity index (χ2v) is 4.45. The minimum atomic E-state index is -1.09. The van der Waals surface area contributed by atoms with Gasteiger partial charge in [-0.15, -0.1) is 0 Å². The number of hydrogen-bond donors (Lipinski definition) is 2. The van der Waals surface area contributed by atoms with Crippen molar-refractivity contribution in [3.63, 3.8) is 0 Å². The SMILES string of the molecule is COc1cc(-c2cc(C(=O)O)[nH]n2)c(OC)c(Cl)c1C. The van der Waals surface area contributed by atoms with Gasteiger partial charge in [0, 0.05) is 11.1 Å². The van der Waals surface area contributed by atoms with E-state index in [9.17, 15) is 4.79 Å². The minimum Gasteiger partial charge on any atom is -0.496 e. The van der Waals surface area contributed by atoms with Crippen LogP contribution < -0.4 is 9.47 Å². The van der Waals surface area contributed by atoms with Crippen LogP contribution in [0.15, 0.2) is 12.1 Å². The van der Waals surface area contributed by atoms with Gasteiger partial charge < -0.3 is 14.6 Å². The van der Waals surface area contributed by atoms with E-state index in [-0.39, 0.29) is 5.69 Å². The molecule has 2 N–H and O–H groups in total. The summed E-state index contributed by atoms with van der Waals surface area (Å²) in [7, 11) is 3.02. The zero-order valence-electron chi connectivity index (χ0n) is 11.2. The molecule has 0 fully saturated rings. The Balaban J connectivity index is 2.65. The van der Waals surface area contributed by atoms with Gasteiger partial charge in [-0.3, -0.25) is 5.10 Å². The maximum atomic E-state index is 10.9. The van der Waals surface area contributed by atoms with Gasteiger partial charge in [0.15, 0.2) is 0 Å². The molecule has 0 amide bonds. The summed E-state index contributed by atoms with van der Waals surface area (Å²) >= 11 is 6.24. The third-order valence-electron chi connectivity index (χ3n) is 2.93. The smallest absolute Gasteiger partial charge is 0.353 e. The van der Waals surface area contributed by atoms with E-state index in [2.05, 4.69) is 10.2 Å². The third kappa shape index (κ3) is 2.30. The van der Waals surface area contributed by atoms with E-state index in [1.807, 2.05) is 0 Å². The second kappa shape index (κ2) is 5.42. The largest absolute Gasteiger partial charge is 0.496 e. The lowest BCUT2D eigenvalue weighted by molar-refractivity contribution is 0.0690. The van der Waals surface area contributed by atoms with Crippen molar-refractivity contribution in [3.05, 3.63) is 28.4 Å². The summed E-state index contributed by atoms with van der Waals surface area (Å²) in [6.07, 6.45) is 0. The van der Waals surface area contributed by atoms with Crippen molar-refractivity contribution in [3.8, 4) is 22.8 Å². The molecular weight excluding hydrogens is 284 g/mol. The molecule has 2 rings (SSSR count). The number of halogens is 1. The van der Waals surface area contributed by atoms with E-state index < -0.39 is 5.97 Å². The molecule has 1 aromatic heterocycles. The number of carboxylic acids is 1. The van der Waals surface area contributed by atoms with Gasteiger partial charge in [-0.1, -0.05) is 11.6 Å². The highest BCUT2D eigenvalue weighted by Gasteiger charge is 2.19. The molecular formula is C13H13ClN2O4. The first-order valence-corrected chi connectivity index (χ1v) is 6.07. The first-order valence-electron chi connectivity index (χ1n) is 5.69. The Morgan fingerprint density at radius 3 is 2.55 bits per heavy atom. The van der Waals surface area contributed by atoms with Crippen LogP contribution in [0.2, 0.25) is 5.02 Å². The standard InChI is InChI=1S/C13H13ClN2O4/c1-6-10(19-2)4-7(12(20-3)11(6)14)8-5-9(13(17)18)16-15-8/h4-5H,1-3H3,(H,15,16)(H,17,18). The first kappa shape index (κ1) is 14.2. The highest BCUT2D eigenvalue weighted by atomic mass is 35.5. The molecule has 0 atom stereocenters. The number of ether oxygens (including phenoxy) is 2. The van der Waals surface area contributed by atoms with Crippen LogP contribution in [-0.4, -0.2) is 35.5 Å². The maximum absolute atomic E-state index is 10.9. The van der Waals surface area contributed by atoms with Gasteiger partial charge >= 0.3 is 5.97 Å². The molecule has 0 bridgehead atoms. The fourth-order valence-electron chi connectivity index (χ4n) is 1.87. The molecule has 0 aliphatic rings. The third-order valence-corrected chi connectivity index (χ3v) is 3.38. The number of nitrogens with zero attached hydrogens (tertiary/aromatic N) is 1. The summed E-state index contributed by atoms with van der Waals surface area (Å²) in [6, 6.07) is 3.12. The molecule has 106 valence electrons. The Kier molecular flexibility index (Phi) is 3.85. The Bertz CT molecular complexity index is 667. The van der Waals surface area contributed by atoms with E-state index in [0.29, 0.717) is 27.8 Å². The predicted molar refractivity (Wildman–Crippen MR) is 73.8 cm³/mol. The molecule has 0 unspecified atom stereocenters. The highest BCUT2D eigenvalue weighted by Crippen LogP contribution is 2.42. The molecule has 0 spiro atoms. The summed E-state index contributed by atoms with van der Waals surface area (Å²) < 4.78 is 10.5. The van der Waals surface area contributed by atoms with Crippen LogP contribution in [0.3, 0.4) is 0 Å². The summed E-state index contributed by atoms with van der Waals surface area (Å²) in [5.74, 6) is -0.0908. The van der Waals surface area contributed by atoms with Crippen molar-refractivity contribution in [2.24, 2.45) is 0 Å². The summed E-state index contributed by atoms with van der Waals surface area (Å²) in [4.78, 5) is 10.9. The highest BCUT2D eigenvalue weighted by molar-refractivity contribution is 6.33. The van der Waals surface area contributed by atoms with Crippen molar-refractivity contribution in [2.75, 3.05) is 14.2 Å². The summed E-state index contributed by atoms with van der Waals surface area (Å²) in [5.41, 5.74) is 1.70. The van der Waals surface area contributed by atoms with Gasteiger partial charge in [-0.2, -0.15) is 5.10 Å². The van der Waals surface area contributed by atoms with E-state index in [1.165, 1.54) is 20.3 Å². The second-order valence-electron chi connectivity index (χ2n) is 4.07. The molecule has 0 saturated carbocycles. The van der Waals surface area contributed by atoms with Crippen LogP contribution in [0.5, 0.6) is 11.5 Å². The Morgan fingerprint density at radius 2 is 2.05 bits per heavy atom. The molecule has 0 saturated heterocycles. The molecule has 20 heavy (non-hydrogen) atoms. The molecule has 6 nitrogen and oxygen atoms in total. The van der Waals surface area contributed by atoms with Crippen molar-refractivity contribution in [1.29, 1.82) is 0 Å². The van der Waals surface area contributed by atoms with E-state index in [1.54, 1.807) is 13.0 Å². The number of H-pyrrole nitrogens is 1. The quantitative estimate of drug-likeness (QED) is 0.906. The molecule has 1 aromatic carbocycles. The topological polar surface area (TPSA) is 84.4 Å². The van der Waals surface area contributed by atoms with E-state index >= 15 is 0 Å². The van der Waals surface area contributed by atoms with Crippen LogP contribution in [0.1, 0.15) is 16.1 Å². The van der Waals surface area contributed by atoms with Gasteiger partial charge in [0.1, 0.15) is 17.2 Å². The zero-order valence-corrected chi connectivity index (χ0v) is 11.9. The van der Waals surface area contributed by atoms with Crippen LogP contribution in [0.25, 0.3) is 11.3 Å². The number of methoxy groups -OCH3 is 2. The van der Waals surface area contributed by atoms with Gasteiger partial charge in [-0.05, 0) is 19.1 Å². The van der Waals surface area contributed by atoms with Crippen LogP contribution >= 0.6 is 11.6 Å². The monoisotopic (exact) mass is 296 g/mol. The summed E-state index contributed by atoms with van der Waals surface area (Å²) in [5, 5.41) is 15.7. The average molecular weight is 297 g/mol. The van der Waals surface area contributed by atoms with Crippen LogP contribution in [-0.2, 0) is 0 Å². The molecule has 0 aliphatic carbocycles. The predicted octanol–water partition coefficient (Wildman–Crippen LogP) is 2.75. The Hall–Kier alpha value is -2.21. The fourth-order valence-corrected chi connectivity index (χ4v) is 2.14. The van der Waals surface area contributed by atoms with Crippen molar-refractivity contribution < 1.29 is 19.4 Å². The number of aromatic amines is 1. The van der Waals surface area contributed by atoms with Gasteiger partial charge in [0.25, 0.3) is 0 Å². The number of aromatic nitrogens is 2. The molecule has 0 radical (unpaired) electrons. The van der Waals surface area contributed by atoms with E-state index in [4.69, 9.17) is 26.2 Å². The number of carboxylic acid groups (broad SMARTS) is 1. The fraction of sp³-hybridized carbons (Fsp3) is 0.231. The lowest BCUT2D eigenvalue weighted by Crippen LogP contribution is -1.95. The lowest BCUT2D eigenvalue weighted by atomic mass is 10.1. The number of rotatable bonds is 4. The molecule has 1 heterocycles. The maximum Gasteiger partial charge on any atom is 0.353 e. The van der Waals surface area contributed by atoms with Gasteiger partial charge in [0.2, 0.25) is 0 Å². The first-order chi connectivity index (χ1) is 9.49. The molecule has 0 aliphatic heterocycles. The number of aromatic carboxylic acids is 1. The Labute approximate surface area is 120 Å². The van der Waals surface area contributed by atoms with Gasteiger partial charge in [0.05, 0.1) is 24.9 Å². The number of carbonyl (C=O) groups is 1. The minimum absolute atomic E-state index is 0.0160. The average Bonchev–Trinajstić information content (AvgIpc) is 2.91. The Morgan fingerprint density at radius 1 is 1.35 bits per heavy atom. The normalized spacial score (nSPS) is 10.4. The molecule has 2 aromatic rings. The summed E-state index contributed by atoms with van der Waals surface area (Å²) in [6.45, 7) is 1.81. The number of hydrogen-bond acceptors (Lipinski definition) is 4. The zero-order chi connectivity index (χ0) is 14.9. The van der Waals surface area contributed by atoms with E-state index in [0.717, 1.165) is 5.56 Å². The van der Waals surface area contributed by atoms with Crippen molar-refractivity contribution >= 4 is 17.6 Å². The van der Waals surface area contributed by atoms with Crippen molar-refractivity contribution in [2.45, 2.75) is 6.92 Å². The van der Waals surface area contributed by atoms with Crippen LogP contribution in [0.4, 0.5) is 0 Å². The molecule has 7 heteroatoms. The van der Waals surface area contributed by atoms with Gasteiger partial charge in [-0.25, -0.2) is 4.79 Å². The van der Waals surface area contributed by atoms with Crippen LogP contribution in [0, 0.1) is 6.92 Å². The number of benzene rings is 1. The number of nitrogens with one attached hydrogen (secondary N) is 1.